The summed E-state index contributed by atoms with van der Waals surface area (Å²) in [6.45, 7) is 2.84. The van der Waals surface area contributed by atoms with Crippen LogP contribution in [-0.2, 0) is 14.8 Å². The molecule has 4 rings (SSSR count). The number of nitrogens with zero attached hydrogens (tertiary/aromatic N) is 5. The highest BCUT2D eigenvalue weighted by Gasteiger charge is 2.34. The van der Waals surface area contributed by atoms with Gasteiger partial charge in [0.15, 0.2) is 0 Å². The number of hydrogen-bond acceptors (Lipinski definition) is 6. The summed E-state index contributed by atoms with van der Waals surface area (Å²) in [5, 5.41) is 14.2. The molecule has 30 heavy (non-hydrogen) atoms. The molecule has 1 saturated carbocycles. The van der Waals surface area contributed by atoms with E-state index < -0.39 is 10.0 Å². The van der Waals surface area contributed by atoms with E-state index in [0.29, 0.717) is 24.6 Å². The second kappa shape index (κ2) is 8.81. The quantitative estimate of drug-likeness (QED) is 0.771. The summed E-state index contributed by atoms with van der Waals surface area (Å²) in [5.74, 6) is 0.163. The molecule has 3 atom stereocenters. The third kappa shape index (κ3) is 4.39. The second-order valence-electron chi connectivity index (χ2n) is 8.33. The van der Waals surface area contributed by atoms with Gasteiger partial charge in [-0.1, -0.05) is 19.8 Å². The molecule has 2 heterocycles. The normalized spacial score (nSPS) is 25.7. The summed E-state index contributed by atoms with van der Waals surface area (Å²) in [6, 6.07) is 6.65. The Kier molecular flexibility index (Phi) is 6.14. The van der Waals surface area contributed by atoms with Crippen molar-refractivity contribution in [3.8, 4) is 5.69 Å². The van der Waals surface area contributed by atoms with Crippen molar-refractivity contribution < 1.29 is 13.2 Å². The average molecular weight is 433 g/mol. The van der Waals surface area contributed by atoms with E-state index in [1.807, 2.05) is 0 Å². The van der Waals surface area contributed by atoms with Crippen LogP contribution in [0.5, 0.6) is 0 Å². The van der Waals surface area contributed by atoms with Crippen molar-refractivity contribution in [2.45, 2.75) is 56.4 Å². The molecular formula is C20H28N6O3S. The Labute approximate surface area is 176 Å². The lowest BCUT2D eigenvalue weighted by molar-refractivity contribution is -0.127. The van der Waals surface area contributed by atoms with Crippen molar-refractivity contribution in [3.63, 3.8) is 0 Å². The van der Waals surface area contributed by atoms with E-state index in [0.717, 1.165) is 25.7 Å². The van der Waals surface area contributed by atoms with Crippen LogP contribution in [0.25, 0.3) is 5.69 Å². The van der Waals surface area contributed by atoms with Gasteiger partial charge in [-0.05, 0) is 66.3 Å². The molecule has 162 valence electrons. The summed E-state index contributed by atoms with van der Waals surface area (Å²) in [7, 11) is -3.67. The van der Waals surface area contributed by atoms with Crippen LogP contribution in [0.3, 0.4) is 0 Å². The van der Waals surface area contributed by atoms with Gasteiger partial charge in [0.1, 0.15) is 6.33 Å². The van der Waals surface area contributed by atoms with Gasteiger partial charge in [0, 0.05) is 19.1 Å². The van der Waals surface area contributed by atoms with Crippen molar-refractivity contribution in [1.29, 1.82) is 0 Å². The SMILES string of the molecule is C[C@H]1CCCC[C@@H]1NC(=O)[C@H]1CCCN(S(=O)(=O)c2ccc(-n3cnnn3)cc2)C1. The lowest BCUT2D eigenvalue weighted by atomic mass is 9.85. The number of carbonyl (C=O) groups is 1. The minimum absolute atomic E-state index is 0.0114. The fourth-order valence-electron chi connectivity index (χ4n) is 4.41. The van der Waals surface area contributed by atoms with Crippen LogP contribution in [-0.4, -0.2) is 58.0 Å². The molecule has 2 aliphatic rings. The van der Waals surface area contributed by atoms with Crippen LogP contribution in [0.1, 0.15) is 45.4 Å². The van der Waals surface area contributed by atoms with Crippen LogP contribution in [0.4, 0.5) is 0 Å². The first-order valence-electron chi connectivity index (χ1n) is 10.6. The first kappa shape index (κ1) is 20.9. The summed E-state index contributed by atoms with van der Waals surface area (Å²) < 4.78 is 29.2. The van der Waals surface area contributed by atoms with Gasteiger partial charge in [-0.15, -0.1) is 5.10 Å². The maximum atomic E-state index is 13.1. The van der Waals surface area contributed by atoms with Gasteiger partial charge in [-0.2, -0.15) is 4.31 Å². The topological polar surface area (TPSA) is 110 Å². The fourth-order valence-corrected chi connectivity index (χ4v) is 5.93. The predicted molar refractivity (Wildman–Crippen MR) is 110 cm³/mol. The van der Waals surface area contributed by atoms with Gasteiger partial charge in [0.05, 0.1) is 16.5 Å². The molecule has 2 aromatic rings. The molecule has 1 aliphatic heterocycles. The lowest BCUT2D eigenvalue weighted by Gasteiger charge is -2.34. The smallest absolute Gasteiger partial charge is 0.243 e. The van der Waals surface area contributed by atoms with E-state index in [1.165, 1.54) is 21.7 Å². The molecule has 0 radical (unpaired) electrons. The first-order chi connectivity index (χ1) is 14.4. The van der Waals surface area contributed by atoms with Crippen molar-refractivity contribution in [1.82, 2.24) is 29.8 Å². The highest BCUT2D eigenvalue weighted by Crippen LogP contribution is 2.27. The minimum Gasteiger partial charge on any atom is -0.353 e. The third-order valence-electron chi connectivity index (χ3n) is 6.28. The van der Waals surface area contributed by atoms with E-state index in [9.17, 15) is 13.2 Å². The maximum Gasteiger partial charge on any atom is 0.243 e. The van der Waals surface area contributed by atoms with Gasteiger partial charge in [-0.3, -0.25) is 4.79 Å². The van der Waals surface area contributed by atoms with Crippen molar-refractivity contribution >= 4 is 15.9 Å². The molecule has 0 bridgehead atoms. The standard InChI is InChI=1S/C20H28N6O3S/c1-15-5-2-3-7-19(15)22-20(27)16-6-4-12-25(13-16)30(28,29)18-10-8-17(9-11-18)26-14-21-23-24-26/h8-11,14-16,19H,2-7,12-13H2,1H3,(H,22,27)/t15-,16-,19-/m0/s1. The Morgan fingerprint density at radius 3 is 2.57 bits per heavy atom. The molecule has 9 nitrogen and oxygen atoms in total. The molecule has 1 saturated heterocycles. The van der Waals surface area contributed by atoms with E-state index in [1.54, 1.807) is 24.3 Å². The Hall–Kier alpha value is -2.33. The molecule has 10 heteroatoms. The highest BCUT2D eigenvalue weighted by atomic mass is 32.2. The number of amides is 1. The number of nitrogens with one attached hydrogen (secondary N) is 1. The number of benzene rings is 1. The van der Waals surface area contributed by atoms with Gasteiger partial charge in [0.25, 0.3) is 0 Å². The number of aromatic nitrogens is 4. The Bertz CT molecular complexity index is 961. The monoisotopic (exact) mass is 432 g/mol. The lowest BCUT2D eigenvalue weighted by Crippen LogP contribution is -2.49. The predicted octanol–water partition coefficient (Wildman–Crippen LogP) is 1.76. The molecule has 1 N–H and O–H groups in total. The summed E-state index contributed by atoms with van der Waals surface area (Å²) in [5.41, 5.74) is 0.677. The zero-order valence-corrected chi connectivity index (χ0v) is 18.0. The summed E-state index contributed by atoms with van der Waals surface area (Å²) in [6.07, 6.45) is 7.35. The van der Waals surface area contributed by atoms with Gasteiger partial charge >= 0.3 is 0 Å². The summed E-state index contributed by atoms with van der Waals surface area (Å²) in [4.78, 5) is 13.1. The molecule has 1 aromatic heterocycles. The number of tetrazole rings is 1. The fraction of sp³-hybridized carbons (Fsp3) is 0.600. The Morgan fingerprint density at radius 1 is 1.10 bits per heavy atom. The Balaban J connectivity index is 1.43. The van der Waals surface area contributed by atoms with Crippen molar-refractivity contribution in [2.75, 3.05) is 13.1 Å². The van der Waals surface area contributed by atoms with E-state index in [4.69, 9.17) is 0 Å². The van der Waals surface area contributed by atoms with Crippen LogP contribution in [0.2, 0.25) is 0 Å². The molecule has 0 spiro atoms. The van der Waals surface area contributed by atoms with Crippen LogP contribution in [0.15, 0.2) is 35.5 Å². The number of rotatable bonds is 5. The van der Waals surface area contributed by atoms with Gasteiger partial charge < -0.3 is 5.32 Å². The Morgan fingerprint density at radius 2 is 1.87 bits per heavy atom. The van der Waals surface area contributed by atoms with E-state index >= 15 is 0 Å². The second-order valence-corrected chi connectivity index (χ2v) is 10.3. The number of piperidine rings is 1. The summed E-state index contributed by atoms with van der Waals surface area (Å²) >= 11 is 0. The molecule has 1 aliphatic carbocycles. The average Bonchev–Trinajstić information content (AvgIpc) is 3.30. The van der Waals surface area contributed by atoms with Gasteiger partial charge in [0.2, 0.25) is 15.9 Å². The maximum absolute atomic E-state index is 13.1. The largest absolute Gasteiger partial charge is 0.353 e. The van der Waals surface area contributed by atoms with Gasteiger partial charge in [-0.25, -0.2) is 13.1 Å². The molecule has 2 fully saturated rings. The van der Waals surface area contributed by atoms with Crippen LogP contribution < -0.4 is 5.32 Å². The molecular weight excluding hydrogens is 404 g/mol. The minimum atomic E-state index is -3.67. The number of carbonyl (C=O) groups excluding carboxylic acids is 1. The highest BCUT2D eigenvalue weighted by molar-refractivity contribution is 7.89. The number of hydrogen-bond donors (Lipinski definition) is 1. The van der Waals surface area contributed by atoms with E-state index in [-0.39, 0.29) is 29.3 Å². The van der Waals surface area contributed by atoms with E-state index in [2.05, 4.69) is 27.8 Å². The zero-order valence-electron chi connectivity index (χ0n) is 17.1. The van der Waals surface area contributed by atoms with Crippen molar-refractivity contribution in [2.24, 2.45) is 11.8 Å². The van der Waals surface area contributed by atoms with Crippen molar-refractivity contribution in [3.05, 3.63) is 30.6 Å². The van der Waals surface area contributed by atoms with Crippen LogP contribution >= 0.6 is 0 Å². The zero-order chi connectivity index (χ0) is 21.1. The molecule has 1 aromatic carbocycles. The van der Waals surface area contributed by atoms with Crippen LogP contribution in [0, 0.1) is 11.8 Å². The first-order valence-corrected chi connectivity index (χ1v) is 12.0. The number of sulfonamides is 1. The molecule has 1 amide bonds. The third-order valence-corrected chi connectivity index (χ3v) is 8.16. The molecule has 0 unspecified atom stereocenters.